The number of quaternary nitrogens is 1. The van der Waals surface area contributed by atoms with Crippen LogP contribution in [0.3, 0.4) is 0 Å². The van der Waals surface area contributed by atoms with Crippen molar-refractivity contribution in [1.82, 2.24) is 0 Å². The Hall–Kier alpha value is -1.84. The highest BCUT2D eigenvalue weighted by Gasteiger charge is 2.21. The quantitative estimate of drug-likeness (QED) is 0.0118. The summed E-state index contributed by atoms with van der Waals surface area (Å²) in [6.45, 7) is 1.90. The number of phosphoric ester groups is 1. The van der Waals surface area contributed by atoms with E-state index in [9.17, 15) is 23.8 Å². The number of ether oxygens (including phenoxy) is 2. The smallest absolute Gasteiger partial charge is 0.306 e. The summed E-state index contributed by atoms with van der Waals surface area (Å²) in [7, 11) is 1.11. The van der Waals surface area contributed by atoms with Crippen molar-refractivity contribution in [3.8, 4) is 0 Å². The molecule has 0 aliphatic rings. The Morgan fingerprint density at radius 2 is 1.16 bits per heavy atom. The summed E-state index contributed by atoms with van der Waals surface area (Å²) in [5.41, 5.74) is 0. The van der Waals surface area contributed by atoms with Gasteiger partial charge in [-0.2, -0.15) is 0 Å². The highest BCUT2D eigenvalue weighted by atomic mass is 31.2. The maximum atomic E-state index is 12.6. The van der Waals surface area contributed by atoms with Gasteiger partial charge in [0.05, 0.1) is 27.7 Å². The van der Waals surface area contributed by atoms with Crippen LogP contribution in [0.1, 0.15) is 155 Å². The fourth-order valence-electron chi connectivity index (χ4n) is 5.24. The molecule has 0 amide bonds. The average Bonchev–Trinajstić information content (AvgIpc) is 3.06. The minimum Gasteiger partial charge on any atom is -0.756 e. The van der Waals surface area contributed by atoms with E-state index in [1.165, 1.54) is 83.1 Å². The lowest BCUT2D eigenvalue weighted by Gasteiger charge is -2.28. The van der Waals surface area contributed by atoms with E-state index in [-0.39, 0.29) is 26.1 Å². The summed E-state index contributed by atoms with van der Waals surface area (Å²) >= 11 is 0. The van der Waals surface area contributed by atoms with Crippen LogP contribution in [0.4, 0.5) is 0 Å². The van der Waals surface area contributed by atoms with E-state index in [0.717, 1.165) is 57.7 Å². The molecule has 0 bridgehead atoms. The Balaban J connectivity index is 4.38. The molecule has 2 atom stereocenters. The largest absolute Gasteiger partial charge is 0.756 e. The number of phosphoric acid groups is 1. The highest BCUT2D eigenvalue weighted by molar-refractivity contribution is 7.45. The number of carbonyl (C=O) groups excluding carboxylic acids is 3. The first-order valence-corrected chi connectivity index (χ1v) is 21.0. The summed E-state index contributed by atoms with van der Waals surface area (Å²) in [5, 5.41) is 0. The van der Waals surface area contributed by atoms with E-state index in [2.05, 4.69) is 6.92 Å². The molecule has 10 nitrogen and oxygen atoms in total. The van der Waals surface area contributed by atoms with Crippen LogP contribution < -0.4 is 4.89 Å². The predicted octanol–water partition coefficient (Wildman–Crippen LogP) is 8.95. The lowest BCUT2D eigenvalue weighted by Crippen LogP contribution is -2.37. The number of unbranched alkanes of at least 4 members (excludes halogenated alkanes) is 19. The molecule has 0 spiro atoms. The van der Waals surface area contributed by atoms with Crippen molar-refractivity contribution in [1.29, 1.82) is 0 Å². The summed E-state index contributed by atoms with van der Waals surface area (Å²) in [5.74, 6) is -0.895. The third-order valence-electron chi connectivity index (χ3n) is 8.33. The van der Waals surface area contributed by atoms with Crippen molar-refractivity contribution < 1.29 is 46.8 Å². The number of allylic oxidation sites excluding steroid dienone is 4. The molecule has 0 aromatic heterocycles. The first-order chi connectivity index (χ1) is 24.0. The number of likely N-dealkylation sites (N-methyl/N-ethyl adjacent to an activating group) is 1. The predicted molar refractivity (Wildman–Crippen MR) is 199 cm³/mol. The van der Waals surface area contributed by atoms with Crippen molar-refractivity contribution in [2.24, 2.45) is 0 Å². The van der Waals surface area contributed by atoms with Crippen LogP contribution in [-0.4, -0.2) is 76.3 Å². The maximum absolute atomic E-state index is 12.6. The Kier molecular flexibility index (Phi) is 31.8. The van der Waals surface area contributed by atoms with Crippen LogP contribution in [0.2, 0.25) is 0 Å². The normalized spacial score (nSPS) is 13.9. The van der Waals surface area contributed by atoms with Gasteiger partial charge in [0.2, 0.25) is 0 Å². The van der Waals surface area contributed by atoms with Crippen LogP contribution in [0.5, 0.6) is 0 Å². The van der Waals surface area contributed by atoms with Gasteiger partial charge in [0.1, 0.15) is 26.0 Å². The Morgan fingerprint density at radius 3 is 1.68 bits per heavy atom. The van der Waals surface area contributed by atoms with Gasteiger partial charge >= 0.3 is 11.9 Å². The lowest BCUT2D eigenvalue weighted by molar-refractivity contribution is -0.870. The molecule has 0 fully saturated rings. The summed E-state index contributed by atoms with van der Waals surface area (Å²) in [4.78, 5) is 47.5. The van der Waals surface area contributed by atoms with Crippen molar-refractivity contribution in [2.45, 2.75) is 161 Å². The zero-order valence-electron chi connectivity index (χ0n) is 32.1. The van der Waals surface area contributed by atoms with Gasteiger partial charge < -0.3 is 27.9 Å². The summed E-state index contributed by atoms with van der Waals surface area (Å²) < 4.78 is 33.6. The summed E-state index contributed by atoms with van der Waals surface area (Å²) in [6, 6.07) is 0. The first-order valence-electron chi connectivity index (χ1n) is 19.5. The molecule has 0 aliphatic heterocycles. The lowest BCUT2D eigenvalue weighted by atomic mass is 10.0. The second-order valence-electron chi connectivity index (χ2n) is 14.3. The fourth-order valence-corrected chi connectivity index (χ4v) is 5.97. The zero-order valence-corrected chi connectivity index (χ0v) is 33.0. The molecular formula is C39H72NO9P. The number of rotatable bonds is 36. The maximum Gasteiger partial charge on any atom is 0.306 e. The monoisotopic (exact) mass is 729 g/mol. The van der Waals surface area contributed by atoms with Gasteiger partial charge in [-0.05, 0) is 31.8 Å². The number of aldehydes is 1. The fraction of sp³-hybridized carbons (Fsp3) is 0.821. The number of nitrogens with zero attached hydrogens (tertiary/aromatic N) is 1. The van der Waals surface area contributed by atoms with E-state index < -0.39 is 32.5 Å². The van der Waals surface area contributed by atoms with Crippen LogP contribution in [0, 0.1) is 0 Å². The molecule has 0 aliphatic carbocycles. The van der Waals surface area contributed by atoms with E-state index in [1.807, 2.05) is 33.3 Å². The van der Waals surface area contributed by atoms with Crippen LogP contribution >= 0.6 is 7.82 Å². The molecule has 0 N–H and O–H groups in total. The second-order valence-corrected chi connectivity index (χ2v) is 15.8. The Labute approximate surface area is 304 Å². The topological polar surface area (TPSA) is 128 Å². The summed E-state index contributed by atoms with van der Waals surface area (Å²) in [6.07, 6.45) is 31.2. The van der Waals surface area contributed by atoms with Gasteiger partial charge in [0.25, 0.3) is 7.82 Å². The Bertz CT molecular complexity index is 948. The van der Waals surface area contributed by atoms with E-state index >= 15 is 0 Å². The molecule has 11 heteroatoms. The molecule has 0 heterocycles. The van der Waals surface area contributed by atoms with Crippen LogP contribution in [-0.2, 0) is 37.5 Å². The molecule has 0 aromatic carbocycles. The number of hydrogen-bond acceptors (Lipinski definition) is 9. The average molecular weight is 730 g/mol. The minimum absolute atomic E-state index is 0.0452. The van der Waals surface area contributed by atoms with Crippen LogP contribution in [0.15, 0.2) is 24.3 Å². The molecule has 292 valence electrons. The molecule has 1 unspecified atom stereocenters. The molecular weight excluding hydrogens is 657 g/mol. The molecule has 0 saturated heterocycles. The van der Waals surface area contributed by atoms with Gasteiger partial charge in [0, 0.05) is 12.8 Å². The van der Waals surface area contributed by atoms with Crippen molar-refractivity contribution in [3.05, 3.63) is 24.3 Å². The number of carbonyl (C=O) groups is 3. The standard InChI is InChI=1S/C39H72NO9P/c1-5-6-7-8-9-10-11-12-13-14-15-18-21-24-27-30-38(42)46-35-37(36-48-50(44,45)47-34-32-40(2,3)4)49-39(43)31-28-25-22-19-16-17-20-23-26-29-33-41/h20,23,26,29,33,37H,5-19,21-22,24-25,27-28,30-32,34-36H2,1-4H3/b23-20+,29-26+/t37-/m1/s1. The SMILES string of the molecule is CCCCCCCCCCCCCCCCCC(=O)OC[C@H](COP(=O)([O-])OCC[N+](C)(C)C)OC(=O)CCCCCCC/C=C/C=C/C=O. The van der Waals surface area contributed by atoms with Gasteiger partial charge in [-0.3, -0.25) is 18.9 Å². The zero-order chi connectivity index (χ0) is 37.2. The minimum atomic E-state index is -4.63. The molecule has 0 radical (unpaired) electrons. The van der Waals surface area contributed by atoms with Gasteiger partial charge in [0.15, 0.2) is 6.10 Å². The van der Waals surface area contributed by atoms with Crippen molar-refractivity contribution in [2.75, 3.05) is 47.5 Å². The molecule has 50 heavy (non-hydrogen) atoms. The van der Waals surface area contributed by atoms with E-state index in [4.69, 9.17) is 18.5 Å². The highest BCUT2D eigenvalue weighted by Crippen LogP contribution is 2.38. The van der Waals surface area contributed by atoms with E-state index in [1.54, 1.807) is 6.08 Å². The van der Waals surface area contributed by atoms with E-state index in [0.29, 0.717) is 17.4 Å². The van der Waals surface area contributed by atoms with Gasteiger partial charge in [-0.25, -0.2) is 0 Å². The number of hydrogen-bond donors (Lipinski definition) is 0. The number of esters is 2. The first kappa shape index (κ1) is 48.2. The molecule has 0 saturated carbocycles. The third-order valence-corrected chi connectivity index (χ3v) is 9.30. The second kappa shape index (κ2) is 33.0. The van der Waals surface area contributed by atoms with Gasteiger partial charge in [-0.15, -0.1) is 0 Å². The Morgan fingerprint density at radius 1 is 0.660 bits per heavy atom. The van der Waals surface area contributed by atoms with Crippen molar-refractivity contribution in [3.63, 3.8) is 0 Å². The third kappa shape index (κ3) is 36.0. The van der Waals surface area contributed by atoms with Crippen molar-refractivity contribution >= 4 is 26.0 Å². The van der Waals surface area contributed by atoms with Crippen LogP contribution in [0.25, 0.3) is 0 Å². The van der Waals surface area contributed by atoms with Gasteiger partial charge in [-0.1, -0.05) is 134 Å². The molecule has 0 rings (SSSR count). The molecule has 0 aromatic rings.